The summed E-state index contributed by atoms with van der Waals surface area (Å²) in [4.78, 5) is 36.3. The first-order valence-corrected chi connectivity index (χ1v) is 21.4. The topological polar surface area (TPSA) is 124 Å². The van der Waals surface area contributed by atoms with Gasteiger partial charge in [-0.15, -0.1) is 0 Å². The maximum absolute atomic E-state index is 15.8. The summed E-state index contributed by atoms with van der Waals surface area (Å²) < 4.78 is 41.2. The van der Waals surface area contributed by atoms with Crippen LogP contribution in [0, 0.1) is 17.8 Å². The highest BCUT2D eigenvalue weighted by Gasteiger charge is 2.67. The third kappa shape index (κ3) is 6.15. The minimum atomic E-state index is -2.92. The molecule has 53 heavy (non-hydrogen) atoms. The normalized spacial score (nSPS) is 22.6. The Labute approximate surface area is 317 Å². The lowest BCUT2D eigenvalue weighted by molar-refractivity contribution is -0.0481. The van der Waals surface area contributed by atoms with Crippen molar-refractivity contribution in [1.29, 1.82) is 0 Å². The first-order chi connectivity index (χ1) is 25.1. The van der Waals surface area contributed by atoms with Crippen LogP contribution in [0.15, 0.2) is 81.1 Å². The summed E-state index contributed by atoms with van der Waals surface area (Å²) in [6.07, 6.45) is 0.244. The van der Waals surface area contributed by atoms with E-state index in [-0.39, 0.29) is 70.3 Å². The standard InChI is InChI=1S/C40H43BrFN3O7Si/c1-39(2,3)53(6,7)52-40-26(30(45(4)5)32-29(35(40)48)38(44-51-32)50-21-23-16-12-9-13-17-23)19-24-18-25-28(31(46)27(24)34(40)47)33(36(41)43-37(25)42)49-20-22-14-10-8-11-15-22/h8-17,24,26,30,47H,18-21H2,1-7H3/t24-,26-,30-,40-/m0/s1. The van der Waals surface area contributed by atoms with Crippen LogP contribution in [0.2, 0.25) is 18.1 Å². The van der Waals surface area contributed by atoms with Crippen LogP contribution in [0.1, 0.15) is 76.4 Å². The van der Waals surface area contributed by atoms with Gasteiger partial charge in [-0.3, -0.25) is 14.5 Å². The van der Waals surface area contributed by atoms with Gasteiger partial charge in [0.25, 0.3) is 5.88 Å². The van der Waals surface area contributed by atoms with E-state index in [1.54, 1.807) is 0 Å². The van der Waals surface area contributed by atoms with Gasteiger partial charge in [0.1, 0.15) is 24.5 Å². The molecule has 2 aromatic carbocycles. The summed E-state index contributed by atoms with van der Waals surface area (Å²) in [6.45, 7) is 10.3. The van der Waals surface area contributed by atoms with E-state index in [1.165, 1.54) is 0 Å². The van der Waals surface area contributed by atoms with Gasteiger partial charge in [0.05, 0.1) is 11.6 Å². The number of hydrogen-bond donors (Lipinski definition) is 1. The monoisotopic (exact) mass is 803 g/mol. The first-order valence-electron chi connectivity index (χ1n) is 17.7. The molecule has 0 spiro atoms. The van der Waals surface area contributed by atoms with Gasteiger partial charge in [-0.25, -0.2) is 4.98 Å². The van der Waals surface area contributed by atoms with Crippen LogP contribution in [0.4, 0.5) is 4.39 Å². The molecule has 0 amide bonds. The molecule has 3 aliphatic rings. The predicted octanol–water partition coefficient (Wildman–Crippen LogP) is 8.58. The number of aliphatic hydroxyl groups is 1. The largest absolute Gasteiger partial charge is 0.508 e. The van der Waals surface area contributed by atoms with E-state index in [1.807, 2.05) is 114 Å². The molecule has 2 heterocycles. The number of carbonyl (C=O) groups is 2. The van der Waals surface area contributed by atoms with E-state index in [4.69, 9.17) is 18.4 Å². The molecule has 1 N–H and O–H groups in total. The van der Waals surface area contributed by atoms with Crippen LogP contribution in [0.25, 0.3) is 0 Å². The molecule has 0 aliphatic heterocycles. The number of rotatable bonds is 9. The fourth-order valence-corrected chi connectivity index (χ4v) is 9.61. The highest BCUT2D eigenvalue weighted by atomic mass is 79.9. The summed E-state index contributed by atoms with van der Waals surface area (Å²) in [7, 11) is 0.786. The van der Waals surface area contributed by atoms with Gasteiger partial charge in [-0.1, -0.05) is 81.4 Å². The second-order valence-electron chi connectivity index (χ2n) is 15.8. The number of ketones is 2. The SMILES string of the molecule is CN(C)[C@@H]1c2onc(OCc3ccccc3)c2C(=O)[C@@]2(O[Si](C)(C)C(C)(C)C)C(O)=C3C(=O)c4c(c(F)nc(Br)c4OCc4ccccc4)C[C@H]3C[C@@H]12. The van der Waals surface area contributed by atoms with E-state index >= 15 is 9.18 Å². The first kappa shape index (κ1) is 37.2. The van der Waals surface area contributed by atoms with Crippen LogP contribution in [-0.2, 0) is 24.1 Å². The van der Waals surface area contributed by atoms with Gasteiger partial charge in [0, 0.05) is 17.1 Å². The van der Waals surface area contributed by atoms with Crippen LogP contribution in [-0.4, -0.2) is 59.7 Å². The number of aliphatic hydroxyl groups excluding tert-OH is 1. The highest BCUT2D eigenvalue weighted by molar-refractivity contribution is 9.10. The lowest BCUT2D eigenvalue weighted by atomic mass is 9.58. The van der Waals surface area contributed by atoms with Crippen molar-refractivity contribution in [2.24, 2.45) is 11.8 Å². The number of nitrogens with zero attached hydrogens (tertiary/aromatic N) is 3. The molecular weight excluding hydrogens is 761 g/mol. The Bertz CT molecular complexity index is 2120. The summed E-state index contributed by atoms with van der Waals surface area (Å²) in [5.74, 6) is -3.58. The number of halogens is 2. The molecule has 4 aromatic rings. The molecule has 0 unspecified atom stereocenters. The van der Waals surface area contributed by atoms with E-state index in [0.717, 1.165) is 11.1 Å². The van der Waals surface area contributed by atoms with Crippen molar-refractivity contribution in [2.45, 2.75) is 76.6 Å². The van der Waals surface area contributed by atoms with Gasteiger partial charge in [-0.2, -0.15) is 4.39 Å². The third-order valence-electron chi connectivity index (χ3n) is 11.3. The van der Waals surface area contributed by atoms with E-state index in [9.17, 15) is 9.90 Å². The molecule has 278 valence electrons. The number of fused-ring (bicyclic) bond motifs is 4. The zero-order valence-corrected chi connectivity index (χ0v) is 33.4. The fraction of sp³-hybridized carbons (Fsp3) is 0.400. The second-order valence-corrected chi connectivity index (χ2v) is 21.3. The van der Waals surface area contributed by atoms with Crippen molar-refractivity contribution in [2.75, 3.05) is 14.1 Å². The van der Waals surface area contributed by atoms with Crippen LogP contribution in [0.3, 0.4) is 0 Å². The lowest BCUT2D eigenvalue weighted by Crippen LogP contribution is -2.65. The quantitative estimate of drug-likeness (QED) is 0.130. The number of ether oxygens (including phenoxy) is 2. The summed E-state index contributed by atoms with van der Waals surface area (Å²) in [5.41, 5.74) is -0.184. The van der Waals surface area contributed by atoms with Crippen molar-refractivity contribution in [3.63, 3.8) is 0 Å². The number of pyridine rings is 1. The molecule has 0 saturated carbocycles. The number of aromatic nitrogens is 2. The van der Waals surface area contributed by atoms with Crippen molar-refractivity contribution in [1.82, 2.24) is 15.0 Å². The minimum absolute atomic E-state index is 0.00651. The van der Waals surface area contributed by atoms with Crippen molar-refractivity contribution in [3.05, 3.63) is 116 Å². The van der Waals surface area contributed by atoms with Gasteiger partial charge in [0.2, 0.25) is 11.7 Å². The number of benzene rings is 2. The molecule has 13 heteroatoms. The van der Waals surface area contributed by atoms with E-state index in [2.05, 4.69) is 26.1 Å². The molecule has 7 rings (SSSR count). The Kier molecular flexibility index (Phi) is 9.53. The molecule has 3 aliphatic carbocycles. The number of Topliss-reactive ketones (excluding diaryl/α,β-unsaturated/α-hetero) is 2. The van der Waals surface area contributed by atoms with Crippen LogP contribution in [0.5, 0.6) is 11.6 Å². The Morgan fingerprint density at radius 2 is 1.60 bits per heavy atom. The Balaban J connectivity index is 1.41. The molecule has 2 aromatic heterocycles. The molecule has 10 nitrogen and oxygen atoms in total. The lowest BCUT2D eigenvalue weighted by Gasteiger charge is -2.55. The molecule has 0 saturated heterocycles. The molecular formula is C40H43BrFN3O7Si. The zero-order valence-electron chi connectivity index (χ0n) is 30.8. The smallest absolute Gasteiger partial charge is 0.265 e. The summed E-state index contributed by atoms with van der Waals surface area (Å²) in [5, 5.41) is 16.6. The van der Waals surface area contributed by atoms with Gasteiger partial charge in [0.15, 0.2) is 35.8 Å². The van der Waals surface area contributed by atoms with Crippen molar-refractivity contribution in [3.8, 4) is 11.6 Å². The fourth-order valence-electron chi connectivity index (χ4n) is 7.69. The summed E-state index contributed by atoms with van der Waals surface area (Å²) in [6, 6.07) is 18.2. The Morgan fingerprint density at radius 1 is 1.00 bits per heavy atom. The van der Waals surface area contributed by atoms with Crippen LogP contribution >= 0.6 is 15.9 Å². The molecule has 4 atom stereocenters. The Hall–Kier alpha value is -4.17. The maximum Gasteiger partial charge on any atom is 0.265 e. The van der Waals surface area contributed by atoms with Crippen molar-refractivity contribution < 1.29 is 37.5 Å². The summed E-state index contributed by atoms with van der Waals surface area (Å²) >= 11 is 3.33. The van der Waals surface area contributed by atoms with E-state index < -0.39 is 60.1 Å². The highest BCUT2D eigenvalue weighted by Crippen LogP contribution is 2.60. The van der Waals surface area contributed by atoms with Gasteiger partial charge >= 0.3 is 0 Å². The minimum Gasteiger partial charge on any atom is -0.508 e. The zero-order chi connectivity index (χ0) is 38.0. The predicted molar refractivity (Wildman–Crippen MR) is 201 cm³/mol. The average molecular weight is 805 g/mol. The maximum atomic E-state index is 15.8. The number of carbonyl (C=O) groups excluding carboxylic acids is 2. The number of hydrogen-bond acceptors (Lipinski definition) is 10. The second kappa shape index (κ2) is 13.6. The van der Waals surface area contributed by atoms with Gasteiger partial charge < -0.3 is 23.5 Å². The molecule has 0 bridgehead atoms. The average Bonchev–Trinajstić information content (AvgIpc) is 3.52. The Morgan fingerprint density at radius 3 is 2.19 bits per heavy atom. The molecule has 0 radical (unpaired) electrons. The van der Waals surface area contributed by atoms with Gasteiger partial charge in [-0.05, 0) is 83.2 Å². The van der Waals surface area contributed by atoms with Crippen LogP contribution < -0.4 is 9.47 Å². The van der Waals surface area contributed by atoms with Crippen molar-refractivity contribution >= 4 is 35.8 Å². The van der Waals surface area contributed by atoms with E-state index in [0.29, 0.717) is 0 Å². The molecule has 0 fully saturated rings. The number of allylic oxidation sites excluding steroid dienone is 1. The third-order valence-corrected chi connectivity index (χ3v) is 16.3.